The number of amides is 1. The highest BCUT2D eigenvalue weighted by Gasteiger charge is 2.15. The van der Waals surface area contributed by atoms with Gasteiger partial charge in [0, 0.05) is 10.6 Å². The van der Waals surface area contributed by atoms with Gasteiger partial charge in [0.2, 0.25) is 21.7 Å². The number of aromatic nitrogens is 2. The predicted molar refractivity (Wildman–Crippen MR) is 101 cm³/mol. The molecule has 140 valence electrons. The number of sulfonamides is 1. The highest BCUT2D eigenvalue weighted by Crippen LogP contribution is 2.19. The molecule has 0 saturated heterocycles. The third kappa shape index (κ3) is 5.05. The molecular formula is C17H15ClN4O4S. The number of para-hydroxylation sites is 1. The molecule has 0 saturated carbocycles. The van der Waals surface area contributed by atoms with Crippen LogP contribution in [0.15, 0.2) is 53.1 Å². The standard InChI is InChI=1S/C17H15ClN4O4S/c1-27(24,25)22-14-5-3-2-4-13(14)17(23)19-10-15-20-16(21-26-15)11-6-8-12(18)9-7-11/h2-9,22H,10H2,1H3,(H,19,23). The maximum absolute atomic E-state index is 12.4. The Bertz CT molecular complexity index is 1060. The molecule has 0 aliphatic carbocycles. The molecule has 0 spiro atoms. The maximum atomic E-state index is 12.4. The number of carbonyl (C=O) groups is 1. The summed E-state index contributed by atoms with van der Waals surface area (Å²) in [7, 11) is -3.51. The van der Waals surface area contributed by atoms with Gasteiger partial charge in [-0.1, -0.05) is 28.9 Å². The quantitative estimate of drug-likeness (QED) is 0.650. The average molecular weight is 407 g/mol. The molecular weight excluding hydrogens is 392 g/mol. The Hall–Kier alpha value is -2.91. The van der Waals surface area contributed by atoms with Crippen molar-refractivity contribution >= 4 is 33.2 Å². The van der Waals surface area contributed by atoms with Crippen molar-refractivity contribution < 1.29 is 17.7 Å². The van der Waals surface area contributed by atoms with E-state index >= 15 is 0 Å². The Morgan fingerprint density at radius 2 is 1.85 bits per heavy atom. The first-order valence-electron chi connectivity index (χ1n) is 7.75. The third-order valence-electron chi connectivity index (χ3n) is 3.44. The van der Waals surface area contributed by atoms with Gasteiger partial charge in [-0.2, -0.15) is 4.98 Å². The Balaban J connectivity index is 1.69. The summed E-state index contributed by atoms with van der Waals surface area (Å²) in [4.78, 5) is 16.6. The molecule has 3 aromatic rings. The number of nitrogens with one attached hydrogen (secondary N) is 2. The molecule has 1 heterocycles. The molecule has 0 bridgehead atoms. The van der Waals surface area contributed by atoms with Gasteiger partial charge in [-0.05, 0) is 36.4 Å². The number of hydrogen-bond acceptors (Lipinski definition) is 6. The van der Waals surface area contributed by atoms with Crippen molar-refractivity contribution in [2.45, 2.75) is 6.54 Å². The second kappa shape index (κ2) is 7.77. The van der Waals surface area contributed by atoms with Crippen molar-refractivity contribution in [3.63, 3.8) is 0 Å². The lowest BCUT2D eigenvalue weighted by molar-refractivity contribution is 0.0947. The molecule has 2 aromatic carbocycles. The van der Waals surface area contributed by atoms with Crippen LogP contribution in [0, 0.1) is 0 Å². The molecule has 1 aromatic heterocycles. The minimum Gasteiger partial charge on any atom is -0.343 e. The highest BCUT2D eigenvalue weighted by atomic mass is 35.5. The van der Waals surface area contributed by atoms with Gasteiger partial charge in [0.1, 0.15) is 0 Å². The summed E-state index contributed by atoms with van der Waals surface area (Å²) >= 11 is 5.85. The van der Waals surface area contributed by atoms with Gasteiger partial charge in [0.05, 0.1) is 24.1 Å². The monoisotopic (exact) mass is 406 g/mol. The van der Waals surface area contributed by atoms with Crippen LogP contribution in [-0.2, 0) is 16.6 Å². The van der Waals surface area contributed by atoms with E-state index in [-0.39, 0.29) is 23.7 Å². The van der Waals surface area contributed by atoms with Crippen molar-refractivity contribution in [2.24, 2.45) is 0 Å². The lowest BCUT2D eigenvalue weighted by Crippen LogP contribution is -2.24. The summed E-state index contributed by atoms with van der Waals surface area (Å²) in [5, 5.41) is 7.08. The smallest absolute Gasteiger partial charge is 0.253 e. The minimum absolute atomic E-state index is 0.00731. The Morgan fingerprint density at radius 3 is 2.56 bits per heavy atom. The average Bonchev–Trinajstić information content (AvgIpc) is 3.08. The van der Waals surface area contributed by atoms with E-state index in [1.807, 2.05) is 0 Å². The van der Waals surface area contributed by atoms with E-state index in [9.17, 15) is 13.2 Å². The number of hydrogen-bond donors (Lipinski definition) is 2. The summed E-state index contributed by atoms with van der Waals surface area (Å²) in [5.74, 6) is 0.102. The molecule has 2 N–H and O–H groups in total. The molecule has 0 radical (unpaired) electrons. The van der Waals surface area contributed by atoms with E-state index < -0.39 is 15.9 Å². The molecule has 0 fully saturated rings. The number of benzene rings is 2. The molecule has 0 unspecified atom stereocenters. The Morgan fingerprint density at radius 1 is 1.15 bits per heavy atom. The van der Waals surface area contributed by atoms with Gasteiger partial charge >= 0.3 is 0 Å². The minimum atomic E-state index is -3.51. The predicted octanol–water partition coefficient (Wildman–Crippen LogP) is 2.69. The number of halogens is 1. The fourth-order valence-electron chi connectivity index (χ4n) is 2.26. The van der Waals surface area contributed by atoms with Crippen molar-refractivity contribution in [1.82, 2.24) is 15.5 Å². The highest BCUT2D eigenvalue weighted by molar-refractivity contribution is 7.92. The molecule has 0 atom stereocenters. The van der Waals surface area contributed by atoms with Crippen LogP contribution < -0.4 is 10.0 Å². The zero-order chi connectivity index (χ0) is 19.4. The van der Waals surface area contributed by atoms with Crippen LogP contribution in [0.2, 0.25) is 5.02 Å². The molecule has 1 amide bonds. The number of nitrogens with zero attached hydrogens (tertiary/aromatic N) is 2. The van der Waals surface area contributed by atoms with Crippen LogP contribution in [0.1, 0.15) is 16.2 Å². The second-order valence-corrected chi connectivity index (χ2v) is 7.81. The number of carbonyl (C=O) groups excluding carboxylic acids is 1. The number of anilines is 1. The van der Waals surface area contributed by atoms with Crippen LogP contribution in [-0.4, -0.2) is 30.7 Å². The van der Waals surface area contributed by atoms with Crippen LogP contribution >= 0.6 is 11.6 Å². The van der Waals surface area contributed by atoms with E-state index in [0.717, 1.165) is 11.8 Å². The zero-order valence-electron chi connectivity index (χ0n) is 14.1. The summed E-state index contributed by atoms with van der Waals surface area (Å²) in [6.07, 6.45) is 1.01. The van der Waals surface area contributed by atoms with Crippen molar-refractivity contribution in [1.29, 1.82) is 0 Å². The van der Waals surface area contributed by atoms with Crippen LogP contribution in [0.4, 0.5) is 5.69 Å². The molecule has 27 heavy (non-hydrogen) atoms. The third-order valence-corrected chi connectivity index (χ3v) is 4.28. The topological polar surface area (TPSA) is 114 Å². The van der Waals surface area contributed by atoms with Crippen LogP contribution in [0.3, 0.4) is 0 Å². The normalized spacial score (nSPS) is 11.2. The summed E-state index contributed by atoms with van der Waals surface area (Å²) in [6.45, 7) is -0.00731. The first-order valence-corrected chi connectivity index (χ1v) is 10.0. The lowest BCUT2D eigenvalue weighted by atomic mass is 10.1. The van der Waals surface area contributed by atoms with Crippen LogP contribution in [0.5, 0.6) is 0 Å². The molecule has 3 rings (SSSR count). The van der Waals surface area contributed by atoms with E-state index in [1.54, 1.807) is 36.4 Å². The summed E-state index contributed by atoms with van der Waals surface area (Å²) in [6, 6.07) is 13.2. The van der Waals surface area contributed by atoms with E-state index in [0.29, 0.717) is 10.8 Å². The molecule has 8 nitrogen and oxygen atoms in total. The maximum Gasteiger partial charge on any atom is 0.253 e. The fraction of sp³-hybridized carbons (Fsp3) is 0.118. The summed E-state index contributed by atoms with van der Waals surface area (Å²) in [5.41, 5.74) is 1.09. The first-order chi connectivity index (χ1) is 12.8. The van der Waals surface area contributed by atoms with Gasteiger partial charge in [-0.3, -0.25) is 9.52 Å². The lowest BCUT2D eigenvalue weighted by Gasteiger charge is -2.10. The van der Waals surface area contributed by atoms with E-state index in [4.69, 9.17) is 16.1 Å². The summed E-state index contributed by atoms with van der Waals surface area (Å²) < 4.78 is 30.3. The van der Waals surface area contributed by atoms with Gasteiger partial charge in [-0.25, -0.2) is 8.42 Å². The number of rotatable bonds is 6. The van der Waals surface area contributed by atoms with E-state index in [2.05, 4.69) is 20.2 Å². The molecule has 0 aliphatic rings. The van der Waals surface area contributed by atoms with Gasteiger partial charge in [-0.15, -0.1) is 0 Å². The van der Waals surface area contributed by atoms with Crippen molar-refractivity contribution in [2.75, 3.05) is 11.0 Å². The largest absolute Gasteiger partial charge is 0.343 e. The Labute approximate surface area is 160 Å². The molecule has 10 heteroatoms. The van der Waals surface area contributed by atoms with Gasteiger partial charge in [0.15, 0.2) is 0 Å². The zero-order valence-corrected chi connectivity index (χ0v) is 15.7. The fourth-order valence-corrected chi connectivity index (χ4v) is 2.97. The molecule has 0 aliphatic heterocycles. The first kappa shape index (κ1) is 18.9. The van der Waals surface area contributed by atoms with Crippen LogP contribution in [0.25, 0.3) is 11.4 Å². The Kier molecular flexibility index (Phi) is 5.43. The van der Waals surface area contributed by atoms with Gasteiger partial charge in [0.25, 0.3) is 5.91 Å². The second-order valence-electron chi connectivity index (χ2n) is 5.62. The van der Waals surface area contributed by atoms with Gasteiger partial charge < -0.3 is 9.84 Å². The SMILES string of the molecule is CS(=O)(=O)Nc1ccccc1C(=O)NCc1nc(-c2ccc(Cl)cc2)no1. The van der Waals surface area contributed by atoms with E-state index in [1.165, 1.54) is 12.1 Å². The van der Waals surface area contributed by atoms with Crippen molar-refractivity contribution in [3.05, 3.63) is 65.0 Å². The van der Waals surface area contributed by atoms with Crippen molar-refractivity contribution in [3.8, 4) is 11.4 Å².